The van der Waals surface area contributed by atoms with E-state index in [0.29, 0.717) is 20.5 Å². The molecule has 1 heterocycles. The molecule has 1 saturated heterocycles. The number of hydrogen-bond acceptors (Lipinski definition) is 3. The Morgan fingerprint density at radius 2 is 1.58 bits per heavy atom. The molecule has 2 atom stereocenters. The van der Waals surface area contributed by atoms with Crippen molar-refractivity contribution in [2.24, 2.45) is 5.92 Å². The summed E-state index contributed by atoms with van der Waals surface area (Å²) >= 11 is 30.9. The number of halogens is 8. The van der Waals surface area contributed by atoms with Gasteiger partial charge in [0.25, 0.3) is 5.91 Å². The molecule has 3 amide bonds. The van der Waals surface area contributed by atoms with Crippen LogP contribution >= 0.6 is 58.0 Å². The van der Waals surface area contributed by atoms with Crippen molar-refractivity contribution in [2.45, 2.75) is 22.5 Å². The van der Waals surface area contributed by atoms with Crippen molar-refractivity contribution in [1.82, 2.24) is 10.2 Å². The monoisotopic (exact) mass is 601 g/mol. The fourth-order valence-electron chi connectivity index (χ4n) is 4.00. The quantitative estimate of drug-likeness (QED) is 0.432. The van der Waals surface area contributed by atoms with Crippen LogP contribution in [-0.4, -0.2) is 52.3 Å². The zero-order valence-corrected chi connectivity index (χ0v) is 21.6. The third kappa shape index (κ3) is 5.50. The van der Waals surface area contributed by atoms with E-state index in [0.717, 1.165) is 0 Å². The number of nitrogens with one attached hydrogen (secondary N) is 2. The molecule has 2 aromatic carbocycles. The Morgan fingerprint density at radius 3 is 2.17 bits per heavy atom. The summed E-state index contributed by atoms with van der Waals surface area (Å²) < 4.78 is 36.0. The summed E-state index contributed by atoms with van der Waals surface area (Å²) in [4.78, 5) is 37.3. The van der Waals surface area contributed by atoms with E-state index in [9.17, 15) is 27.6 Å². The molecule has 2 unspecified atom stereocenters. The number of hydrogen-bond donors (Lipinski definition) is 2. The van der Waals surface area contributed by atoms with Crippen LogP contribution in [0.5, 0.6) is 0 Å². The first kappa shape index (κ1) is 27.1. The van der Waals surface area contributed by atoms with Crippen LogP contribution in [0.4, 0.5) is 18.9 Å². The fourth-order valence-corrected chi connectivity index (χ4v) is 5.57. The van der Waals surface area contributed by atoms with Crippen LogP contribution in [0.25, 0.3) is 0 Å². The van der Waals surface area contributed by atoms with Gasteiger partial charge in [-0.1, -0.05) is 34.8 Å². The lowest BCUT2D eigenvalue weighted by Gasteiger charge is -2.39. The van der Waals surface area contributed by atoms with E-state index >= 15 is 0 Å². The maximum atomic E-state index is 12.9. The number of carbonyl (C=O) groups is 3. The fraction of sp³-hybridized carbons (Fsp3) is 0.318. The number of anilines is 1. The molecule has 0 radical (unpaired) electrons. The number of nitrogens with zero attached hydrogens (tertiary/aromatic N) is 1. The first-order valence-electron chi connectivity index (χ1n) is 10.3. The maximum Gasteiger partial charge on any atom is 0.471 e. The average molecular weight is 604 g/mol. The molecule has 6 nitrogen and oxygen atoms in total. The minimum absolute atomic E-state index is 0.0213. The van der Waals surface area contributed by atoms with Crippen LogP contribution in [0.1, 0.15) is 21.8 Å². The summed E-state index contributed by atoms with van der Waals surface area (Å²) in [6.45, 7) is -0.579. The predicted molar refractivity (Wildman–Crippen MR) is 131 cm³/mol. The van der Waals surface area contributed by atoms with Gasteiger partial charge in [-0.2, -0.15) is 13.2 Å². The molecule has 2 N–H and O–H groups in total. The predicted octanol–water partition coefficient (Wildman–Crippen LogP) is 5.68. The summed E-state index contributed by atoms with van der Waals surface area (Å²) in [5.74, 6) is -4.58. The van der Waals surface area contributed by atoms with Gasteiger partial charge in [0.05, 0.1) is 22.5 Å². The molecular formula is C22H15Cl5F3N3O3. The summed E-state index contributed by atoms with van der Waals surface area (Å²) in [7, 11) is 0. The van der Waals surface area contributed by atoms with Crippen LogP contribution in [0.3, 0.4) is 0 Å². The van der Waals surface area contributed by atoms with E-state index < -0.39 is 46.1 Å². The lowest BCUT2D eigenvalue weighted by atomic mass is 10.1. The summed E-state index contributed by atoms with van der Waals surface area (Å²) in [5.41, 5.74) is 0.787. The molecule has 1 aliphatic heterocycles. The van der Waals surface area contributed by atoms with Crippen molar-refractivity contribution in [2.75, 3.05) is 18.4 Å². The first-order chi connectivity index (χ1) is 16.7. The summed E-state index contributed by atoms with van der Waals surface area (Å²) in [6.07, 6.45) is -4.98. The van der Waals surface area contributed by atoms with Crippen LogP contribution in [0.2, 0.25) is 15.1 Å². The van der Waals surface area contributed by atoms with Crippen molar-refractivity contribution >= 4 is 81.4 Å². The molecule has 2 aromatic rings. The van der Waals surface area contributed by atoms with Gasteiger partial charge in [0, 0.05) is 34.7 Å². The molecule has 1 saturated carbocycles. The maximum absolute atomic E-state index is 12.9. The van der Waals surface area contributed by atoms with E-state index in [1.165, 1.54) is 24.3 Å². The van der Waals surface area contributed by atoms with Gasteiger partial charge in [-0.3, -0.25) is 14.4 Å². The lowest BCUT2D eigenvalue weighted by molar-refractivity contribution is -0.190. The third-order valence-corrected chi connectivity index (χ3v) is 7.51. The molecule has 2 aliphatic rings. The highest BCUT2D eigenvalue weighted by Crippen LogP contribution is 2.65. The Kier molecular flexibility index (Phi) is 7.36. The van der Waals surface area contributed by atoms with Crippen LogP contribution < -0.4 is 10.6 Å². The van der Waals surface area contributed by atoms with Crippen LogP contribution in [-0.2, 0) is 9.59 Å². The molecule has 1 aliphatic carbocycles. The van der Waals surface area contributed by atoms with E-state index in [1.807, 2.05) is 0 Å². The summed E-state index contributed by atoms with van der Waals surface area (Å²) in [6, 6.07) is 8.22. The number of carbonyl (C=O) groups excluding carboxylic acids is 3. The van der Waals surface area contributed by atoms with Crippen LogP contribution in [0, 0.1) is 5.92 Å². The standard InChI is InChI=1S/C22H15Cl5F3N3O3/c23-10-3-9(4-11(24)5-10)16-17(21(16,26)27)19(35)31-12-1-2-15(25)14(6-12)18(34)32-13-7-33(8-13)20(36)22(28,29)30/h1-6,13,16-17H,7-8H2,(H,31,35)(H,32,34). The number of likely N-dealkylation sites (tertiary alicyclic amines) is 1. The lowest BCUT2D eigenvalue weighted by Crippen LogP contribution is -2.63. The number of alkyl halides is 5. The van der Waals surface area contributed by atoms with Gasteiger partial charge in [-0.15, -0.1) is 23.2 Å². The molecule has 0 spiro atoms. The van der Waals surface area contributed by atoms with Gasteiger partial charge in [-0.05, 0) is 42.0 Å². The number of amides is 3. The first-order valence-corrected chi connectivity index (χ1v) is 12.2. The van der Waals surface area contributed by atoms with E-state index in [4.69, 9.17) is 58.0 Å². The second-order valence-electron chi connectivity index (χ2n) is 8.39. The molecular weight excluding hydrogens is 589 g/mol. The molecule has 36 heavy (non-hydrogen) atoms. The van der Waals surface area contributed by atoms with E-state index in [-0.39, 0.29) is 29.4 Å². The molecule has 0 bridgehead atoms. The van der Waals surface area contributed by atoms with Gasteiger partial charge in [-0.25, -0.2) is 0 Å². The second-order valence-corrected chi connectivity index (χ2v) is 11.1. The van der Waals surface area contributed by atoms with E-state index in [2.05, 4.69) is 10.6 Å². The van der Waals surface area contributed by atoms with Crippen molar-refractivity contribution < 1.29 is 27.6 Å². The second kappa shape index (κ2) is 9.76. The average Bonchev–Trinajstić information content (AvgIpc) is 3.32. The Morgan fingerprint density at radius 1 is 0.972 bits per heavy atom. The van der Waals surface area contributed by atoms with Crippen LogP contribution in [0.15, 0.2) is 36.4 Å². The minimum Gasteiger partial charge on any atom is -0.346 e. The molecule has 4 rings (SSSR count). The largest absolute Gasteiger partial charge is 0.471 e. The number of benzene rings is 2. The zero-order valence-electron chi connectivity index (χ0n) is 17.8. The highest BCUT2D eigenvalue weighted by Gasteiger charge is 2.67. The van der Waals surface area contributed by atoms with Gasteiger partial charge in [0.15, 0.2) is 0 Å². The molecule has 0 aromatic heterocycles. The highest BCUT2D eigenvalue weighted by atomic mass is 35.5. The smallest absolute Gasteiger partial charge is 0.346 e. The van der Waals surface area contributed by atoms with Crippen molar-refractivity contribution in [3.05, 3.63) is 62.6 Å². The third-order valence-electron chi connectivity index (χ3n) is 5.81. The van der Waals surface area contributed by atoms with Gasteiger partial charge < -0.3 is 15.5 Å². The Hall–Kier alpha value is -1.91. The van der Waals surface area contributed by atoms with E-state index in [1.54, 1.807) is 12.1 Å². The SMILES string of the molecule is O=C(NC1CN(C(=O)C(F)(F)F)C1)c1cc(NC(=O)C2C(c3cc(Cl)cc(Cl)c3)C2(Cl)Cl)ccc1Cl. The minimum atomic E-state index is -4.98. The molecule has 2 fully saturated rings. The Bertz CT molecular complexity index is 1230. The highest BCUT2D eigenvalue weighted by molar-refractivity contribution is 6.53. The molecule has 192 valence electrons. The Balaban J connectivity index is 1.41. The molecule has 14 heteroatoms. The normalized spacial score (nSPS) is 20.9. The van der Waals surface area contributed by atoms with Gasteiger partial charge >= 0.3 is 12.1 Å². The zero-order chi connectivity index (χ0) is 26.6. The number of rotatable bonds is 5. The Labute approximate surface area is 227 Å². The van der Waals surface area contributed by atoms with Crippen molar-refractivity contribution in [1.29, 1.82) is 0 Å². The van der Waals surface area contributed by atoms with Crippen molar-refractivity contribution in [3.8, 4) is 0 Å². The van der Waals surface area contributed by atoms with Gasteiger partial charge in [0.1, 0.15) is 4.33 Å². The van der Waals surface area contributed by atoms with Crippen molar-refractivity contribution in [3.63, 3.8) is 0 Å². The van der Waals surface area contributed by atoms with Gasteiger partial charge in [0.2, 0.25) is 5.91 Å². The summed E-state index contributed by atoms with van der Waals surface area (Å²) in [5, 5.41) is 5.92. The topological polar surface area (TPSA) is 78.5 Å².